The molecule has 144 valence electrons. The Balaban J connectivity index is 1.38. The fourth-order valence-corrected chi connectivity index (χ4v) is 3.93. The number of pyridine rings is 2. The maximum atomic E-state index is 12.9. The van der Waals surface area contributed by atoms with Crippen molar-refractivity contribution in [2.75, 3.05) is 13.1 Å². The lowest BCUT2D eigenvalue weighted by Crippen LogP contribution is -2.29. The van der Waals surface area contributed by atoms with E-state index in [1.54, 1.807) is 12.4 Å². The first-order chi connectivity index (χ1) is 14.2. The molecule has 6 nitrogen and oxygen atoms in total. The summed E-state index contributed by atoms with van der Waals surface area (Å²) in [7, 11) is 0. The van der Waals surface area contributed by atoms with E-state index in [-0.39, 0.29) is 11.8 Å². The molecule has 0 radical (unpaired) electrons. The molecule has 0 saturated carbocycles. The number of aromatic nitrogens is 4. The van der Waals surface area contributed by atoms with E-state index in [4.69, 9.17) is 10.1 Å². The summed E-state index contributed by atoms with van der Waals surface area (Å²) in [4.78, 5) is 23.6. The smallest absolute Gasteiger partial charge is 0.254 e. The Kier molecular flexibility index (Phi) is 4.31. The molecule has 29 heavy (non-hydrogen) atoms. The summed E-state index contributed by atoms with van der Waals surface area (Å²) >= 11 is 0. The summed E-state index contributed by atoms with van der Waals surface area (Å²) in [5.41, 5.74) is 4.77. The van der Waals surface area contributed by atoms with Gasteiger partial charge < -0.3 is 4.90 Å². The highest BCUT2D eigenvalue weighted by molar-refractivity contribution is 5.95. The summed E-state index contributed by atoms with van der Waals surface area (Å²) in [5, 5.41) is 4.72. The topological polar surface area (TPSA) is 63.4 Å². The first-order valence-corrected chi connectivity index (χ1v) is 9.81. The number of likely N-dealkylation sites (tertiary alicyclic amines) is 1. The van der Waals surface area contributed by atoms with Gasteiger partial charge in [-0.2, -0.15) is 5.10 Å². The second-order valence-electron chi connectivity index (χ2n) is 7.48. The Morgan fingerprint density at radius 1 is 1.03 bits per heavy atom. The molecule has 0 N–H and O–H groups in total. The molecule has 1 atom stereocenters. The van der Waals surface area contributed by atoms with Gasteiger partial charge in [0.2, 0.25) is 0 Å². The van der Waals surface area contributed by atoms with E-state index in [1.807, 2.05) is 71.1 Å². The predicted octanol–water partition coefficient (Wildman–Crippen LogP) is 3.73. The van der Waals surface area contributed by atoms with Crippen LogP contribution in [0.5, 0.6) is 0 Å². The fraction of sp³-hybridized carbons (Fsp3) is 0.217. The van der Waals surface area contributed by atoms with Gasteiger partial charge in [-0.25, -0.2) is 9.50 Å². The second-order valence-corrected chi connectivity index (χ2v) is 7.48. The zero-order valence-corrected chi connectivity index (χ0v) is 16.2. The molecule has 0 bridgehead atoms. The van der Waals surface area contributed by atoms with Crippen LogP contribution in [0.15, 0.2) is 67.1 Å². The zero-order chi connectivity index (χ0) is 19.8. The normalized spacial score (nSPS) is 16.4. The molecule has 1 aliphatic heterocycles. The molecule has 1 aliphatic rings. The molecular formula is C23H21N5O. The second kappa shape index (κ2) is 7.13. The molecule has 1 fully saturated rings. The van der Waals surface area contributed by atoms with Gasteiger partial charge in [0.05, 0.1) is 0 Å². The van der Waals surface area contributed by atoms with Gasteiger partial charge in [-0.15, -0.1) is 0 Å². The Bertz CT molecular complexity index is 1180. The first-order valence-electron chi connectivity index (χ1n) is 9.81. The minimum Gasteiger partial charge on any atom is -0.338 e. The van der Waals surface area contributed by atoms with Crippen LogP contribution >= 0.6 is 0 Å². The van der Waals surface area contributed by atoms with Crippen molar-refractivity contribution in [3.63, 3.8) is 0 Å². The Labute approximate surface area is 168 Å². The summed E-state index contributed by atoms with van der Waals surface area (Å²) in [5.74, 6) is 1.05. The molecule has 1 aromatic carbocycles. The molecule has 5 rings (SSSR count). The van der Waals surface area contributed by atoms with Gasteiger partial charge in [-0.3, -0.25) is 9.78 Å². The average molecular weight is 383 g/mol. The van der Waals surface area contributed by atoms with E-state index in [2.05, 4.69) is 4.98 Å². The summed E-state index contributed by atoms with van der Waals surface area (Å²) in [6, 6.07) is 15.7. The number of amides is 1. The molecular weight excluding hydrogens is 362 g/mol. The van der Waals surface area contributed by atoms with Gasteiger partial charge in [0.25, 0.3) is 5.91 Å². The lowest BCUT2D eigenvalue weighted by Gasteiger charge is -2.17. The Hall–Kier alpha value is -3.54. The number of aryl methyl sites for hydroxylation is 1. The first kappa shape index (κ1) is 17.6. The maximum Gasteiger partial charge on any atom is 0.254 e. The van der Waals surface area contributed by atoms with Crippen molar-refractivity contribution < 1.29 is 4.79 Å². The molecule has 3 aromatic heterocycles. The van der Waals surface area contributed by atoms with Crippen LogP contribution in [-0.4, -0.2) is 43.5 Å². The highest BCUT2D eigenvalue weighted by Gasteiger charge is 2.31. The van der Waals surface area contributed by atoms with E-state index in [0.717, 1.165) is 46.7 Å². The van der Waals surface area contributed by atoms with Crippen molar-refractivity contribution in [3.8, 4) is 11.1 Å². The van der Waals surface area contributed by atoms with E-state index in [0.29, 0.717) is 6.54 Å². The third kappa shape index (κ3) is 3.27. The van der Waals surface area contributed by atoms with Gasteiger partial charge >= 0.3 is 0 Å². The fourth-order valence-electron chi connectivity index (χ4n) is 3.93. The molecule has 6 heteroatoms. The van der Waals surface area contributed by atoms with Crippen molar-refractivity contribution >= 4 is 11.6 Å². The number of hydrogen-bond acceptors (Lipinski definition) is 4. The van der Waals surface area contributed by atoms with Crippen molar-refractivity contribution in [1.29, 1.82) is 0 Å². The number of carbonyl (C=O) groups is 1. The van der Waals surface area contributed by atoms with Crippen molar-refractivity contribution in [2.45, 2.75) is 19.3 Å². The molecule has 1 unspecified atom stereocenters. The molecule has 1 amide bonds. The molecule has 4 aromatic rings. The molecule has 0 aliphatic carbocycles. The van der Waals surface area contributed by atoms with E-state index >= 15 is 0 Å². The van der Waals surface area contributed by atoms with Gasteiger partial charge in [-0.1, -0.05) is 18.2 Å². The van der Waals surface area contributed by atoms with Gasteiger partial charge in [0.1, 0.15) is 0 Å². The summed E-state index contributed by atoms with van der Waals surface area (Å²) in [6.07, 6.45) is 6.44. The van der Waals surface area contributed by atoms with E-state index < -0.39 is 0 Å². The molecule has 0 spiro atoms. The highest BCUT2D eigenvalue weighted by atomic mass is 16.2. The lowest BCUT2D eigenvalue weighted by molar-refractivity contribution is 0.0790. The van der Waals surface area contributed by atoms with Gasteiger partial charge in [0.15, 0.2) is 11.5 Å². The van der Waals surface area contributed by atoms with Crippen LogP contribution in [0.25, 0.3) is 16.8 Å². The summed E-state index contributed by atoms with van der Waals surface area (Å²) < 4.78 is 1.83. The Morgan fingerprint density at radius 2 is 1.86 bits per heavy atom. The predicted molar refractivity (Wildman–Crippen MR) is 111 cm³/mol. The lowest BCUT2D eigenvalue weighted by atomic mass is 10.1. The van der Waals surface area contributed by atoms with Crippen LogP contribution in [0.4, 0.5) is 0 Å². The van der Waals surface area contributed by atoms with E-state index in [1.165, 1.54) is 0 Å². The Morgan fingerprint density at radius 3 is 2.69 bits per heavy atom. The number of fused-ring (bicyclic) bond motifs is 1. The third-order valence-electron chi connectivity index (χ3n) is 5.58. The number of hydrogen-bond donors (Lipinski definition) is 0. The monoisotopic (exact) mass is 383 g/mol. The van der Waals surface area contributed by atoms with E-state index in [9.17, 15) is 4.79 Å². The van der Waals surface area contributed by atoms with Crippen LogP contribution in [0.2, 0.25) is 0 Å². The quantitative estimate of drug-likeness (QED) is 0.541. The SMILES string of the molecule is Cc1ccccc1C(=O)N1CCC(c2nc3ccc(-c4ccncc4)cn3n2)C1. The van der Waals surface area contributed by atoms with Crippen molar-refractivity contribution in [1.82, 2.24) is 24.5 Å². The third-order valence-corrected chi connectivity index (χ3v) is 5.58. The zero-order valence-electron chi connectivity index (χ0n) is 16.2. The average Bonchev–Trinajstić information content (AvgIpc) is 3.41. The van der Waals surface area contributed by atoms with Crippen LogP contribution < -0.4 is 0 Å². The van der Waals surface area contributed by atoms with Crippen LogP contribution in [0, 0.1) is 6.92 Å². The number of carbonyl (C=O) groups excluding carboxylic acids is 1. The highest BCUT2D eigenvalue weighted by Crippen LogP contribution is 2.27. The van der Waals surface area contributed by atoms with Crippen LogP contribution in [-0.2, 0) is 0 Å². The van der Waals surface area contributed by atoms with Gasteiger partial charge in [-0.05, 0) is 54.8 Å². The van der Waals surface area contributed by atoms with Crippen molar-refractivity contribution in [2.24, 2.45) is 0 Å². The van der Waals surface area contributed by atoms with Crippen molar-refractivity contribution in [3.05, 3.63) is 84.1 Å². The minimum absolute atomic E-state index is 0.0920. The standard InChI is InChI=1S/C23H21N5O/c1-16-4-2-3-5-20(16)23(29)27-13-10-19(14-27)22-25-21-7-6-18(15-28(21)26-22)17-8-11-24-12-9-17/h2-9,11-12,15,19H,10,13-14H2,1H3. The molecule has 1 saturated heterocycles. The number of nitrogens with zero attached hydrogens (tertiary/aromatic N) is 5. The van der Waals surface area contributed by atoms with Crippen LogP contribution in [0.1, 0.15) is 34.1 Å². The number of benzene rings is 1. The van der Waals surface area contributed by atoms with Gasteiger partial charge in [0, 0.05) is 48.7 Å². The summed E-state index contributed by atoms with van der Waals surface area (Å²) in [6.45, 7) is 3.36. The molecule has 4 heterocycles. The minimum atomic E-state index is 0.0920. The number of rotatable bonds is 3. The largest absolute Gasteiger partial charge is 0.338 e. The maximum absolute atomic E-state index is 12.9. The van der Waals surface area contributed by atoms with Crippen LogP contribution in [0.3, 0.4) is 0 Å².